The van der Waals surface area contributed by atoms with Gasteiger partial charge in [0.15, 0.2) is 5.03 Å². The highest BCUT2D eigenvalue weighted by Crippen LogP contribution is 2.38. The molecule has 0 saturated carbocycles. The molecule has 0 aromatic carbocycles. The van der Waals surface area contributed by atoms with E-state index in [1.54, 1.807) is 12.1 Å². The van der Waals surface area contributed by atoms with Crippen LogP contribution < -0.4 is 9.62 Å². The number of pyridine rings is 2. The highest BCUT2D eigenvalue weighted by molar-refractivity contribution is 7.90. The summed E-state index contributed by atoms with van der Waals surface area (Å²) in [4.78, 5) is 23.7. The van der Waals surface area contributed by atoms with Crippen molar-refractivity contribution in [1.29, 1.82) is 0 Å². The number of amides is 1. The van der Waals surface area contributed by atoms with Gasteiger partial charge in [0.2, 0.25) is 0 Å². The Morgan fingerprint density at radius 1 is 1.23 bits per heavy atom. The smallest absolute Gasteiger partial charge is 0.281 e. The van der Waals surface area contributed by atoms with Crippen molar-refractivity contribution in [3.05, 3.63) is 46.7 Å². The summed E-state index contributed by atoms with van der Waals surface area (Å²) in [6.45, 7) is 11.2. The van der Waals surface area contributed by atoms with Crippen LogP contribution in [0.15, 0.2) is 35.4 Å². The van der Waals surface area contributed by atoms with Crippen molar-refractivity contribution >= 4 is 33.3 Å². The lowest BCUT2D eigenvalue weighted by atomic mass is 9.97. The van der Waals surface area contributed by atoms with Gasteiger partial charge in [-0.1, -0.05) is 38.4 Å². The molecule has 3 heterocycles. The third-order valence-corrected chi connectivity index (χ3v) is 6.70. The summed E-state index contributed by atoms with van der Waals surface area (Å²) in [6, 6.07) is 7.62. The Labute approximate surface area is 182 Å². The predicted molar refractivity (Wildman–Crippen MR) is 117 cm³/mol. The second kappa shape index (κ2) is 8.15. The lowest BCUT2D eigenvalue weighted by Gasteiger charge is -2.34. The van der Waals surface area contributed by atoms with E-state index < -0.39 is 15.9 Å². The molecule has 0 radical (unpaired) electrons. The van der Waals surface area contributed by atoms with Gasteiger partial charge in [-0.25, -0.2) is 14.7 Å². The monoisotopic (exact) mass is 450 g/mol. The summed E-state index contributed by atoms with van der Waals surface area (Å²) < 4.78 is 27.4. The van der Waals surface area contributed by atoms with Gasteiger partial charge in [-0.3, -0.25) is 4.79 Å². The number of hydrogen-bond acceptors (Lipinski definition) is 6. The van der Waals surface area contributed by atoms with Gasteiger partial charge >= 0.3 is 0 Å². The molecular formula is C21H27ClN4O3S. The second-order valence-electron chi connectivity index (χ2n) is 8.73. The van der Waals surface area contributed by atoms with Crippen LogP contribution in [0.2, 0.25) is 5.15 Å². The van der Waals surface area contributed by atoms with E-state index in [-0.39, 0.29) is 27.2 Å². The summed E-state index contributed by atoms with van der Waals surface area (Å²) in [5.41, 5.74) is 0.855. The van der Waals surface area contributed by atoms with Crippen LogP contribution in [0.25, 0.3) is 0 Å². The van der Waals surface area contributed by atoms with Crippen molar-refractivity contribution in [2.24, 2.45) is 5.92 Å². The molecular weight excluding hydrogens is 424 g/mol. The van der Waals surface area contributed by atoms with Crippen molar-refractivity contribution in [2.75, 3.05) is 11.4 Å². The lowest BCUT2D eigenvalue weighted by Crippen LogP contribution is -2.41. The van der Waals surface area contributed by atoms with Crippen LogP contribution in [0.3, 0.4) is 0 Å². The van der Waals surface area contributed by atoms with Crippen LogP contribution in [0.4, 0.5) is 5.82 Å². The van der Waals surface area contributed by atoms with E-state index in [1.807, 2.05) is 13.8 Å². The molecule has 1 aliphatic heterocycles. The fourth-order valence-corrected chi connectivity index (χ4v) is 5.04. The summed E-state index contributed by atoms with van der Waals surface area (Å²) >= 11 is 5.80. The minimum absolute atomic E-state index is 0.0294. The second-order valence-corrected chi connectivity index (χ2v) is 10.7. The fraction of sp³-hybridized carbons (Fsp3) is 0.476. The number of nitrogens with one attached hydrogen (secondary N) is 1. The Morgan fingerprint density at radius 2 is 1.93 bits per heavy atom. The topological polar surface area (TPSA) is 92.3 Å². The van der Waals surface area contributed by atoms with Crippen molar-refractivity contribution in [2.45, 2.75) is 57.5 Å². The predicted octanol–water partition coefficient (Wildman–Crippen LogP) is 4.00. The molecule has 1 saturated heterocycles. The van der Waals surface area contributed by atoms with Gasteiger partial charge in [0, 0.05) is 17.8 Å². The summed E-state index contributed by atoms with van der Waals surface area (Å²) in [7, 11) is -4.18. The molecule has 0 spiro atoms. The van der Waals surface area contributed by atoms with Crippen molar-refractivity contribution < 1.29 is 13.2 Å². The van der Waals surface area contributed by atoms with E-state index >= 15 is 0 Å². The third-order valence-electron chi connectivity index (χ3n) is 5.25. The molecule has 1 fully saturated rings. The molecule has 1 atom stereocenters. The Kier molecular flexibility index (Phi) is 6.11. The van der Waals surface area contributed by atoms with Crippen LogP contribution in [-0.2, 0) is 10.0 Å². The third kappa shape index (κ3) is 4.59. The van der Waals surface area contributed by atoms with Crippen LogP contribution in [0, 0.1) is 5.92 Å². The van der Waals surface area contributed by atoms with Crippen LogP contribution in [0.1, 0.15) is 63.0 Å². The number of hydrogen-bond donors (Lipinski definition) is 1. The van der Waals surface area contributed by atoms with E-state index in [2.05, 4.69) is 35.4 Å². The number of halogens is 1. The molecule has 9 heteroatoms. The van der Waals surface area contributed by atoms with Gasteiger partial charge < -0.3 is 4.90 Å². The first-order valence-corrected chi connectivity index (χ1v) is 11.7. The molecule has 2 aromatic heterocycles. The number of sulfonamides is 1. The summed E-state index contributed by atoms with van der Waals surface area (Å²) in [6.07, 6.45) is 0.951. The maximum atomic E-state index is 13.1. The Balaban J connectivity index is 2.02. The quantitative estimate of drug-likeness (QED) is 0.692. The first-order valence-electron chi connectivity index (χ1n) is 9.89. The molecule has 7 nitrogen and oxygen atoms in total. The minimum atomic E-state index is -4.18. The molecule has 1 N–H and O–H groups in total. The van der Waals surface area contributed by atoms with Gasteiger partial charge in [0.05, 0.1) is 5.56 Å². The number of aromatic nitrogens is 2. The van der Waals surface area contributed by atoms with Gasteiger partial charge in [-0.15, -0.1) is 0 Å². The van der Waals surface area contributed by atoms with E-state index in [4.69, 9.17) is 16.6 Å². The number of carbonyl (C=O) groups excluding carboxylic acids is 1. The number of carbonyl (C=O) groups is 1. The zero-order valence-electron chi connectivity index (χ0n) is 17.8. The zero-order valence-corrected chi connectivity index (χ0v) is 19.4. The lowest BCUT2D eigenvalue weighted by molar-refractivity contribution is 0.0981. The van der Waals surface area contributed by atoms with E-state index in [0.717, 1.165) is 18.7 Å². The molecule has 0 aliphatic carbocycles. The van der Waals surface area contributed by atoms with Crippen molar-refractivity contribution in [1.82, 2.24) is 14.7 Å². The van der Waals surface area contributed by atoms with Gasteiger partial charge in [-0.05, 0) is 56.4 Å². The number of nitrogens with zero attached hydrogens (tertiary/aromatic N) is 3. The highest BCUT2D eigenvalue weighted by atomic mass is 35.5. The number of rotatable bonds is 5. The largest absolute Gasteiger partial charge is 0.351 e. The maximum absolute atomic E-state index is 13.1. The highest BCUT2D eigenvalue weighted by Gasteiger charge is 2.39. The SMILES string of the molecule is CC1CN(c2nc(C(C)C)ccc2C(=O)NS(=O)(=O)c2cccc(Cl)n2)C(C)(C)C1. The maximum Gasteiger partial charge on any atom is 0.281 e. The van der Waals surface area contributed by atoms with Crippen molar-refractivity contribution in [3.8, 4) is 0 Å². The molecule has 162 valence electrons. The minimum Gasteiger partial charge on any atom is -0.351 e. The average Bonchev–Trinajstić information content (AvgIpc) is 2.92. The molecule has 0 bridgehead atoms. The van der Waals surface area contributed by atoms with E-state index in [1.165, 1.54) is 18.2 Å². The Morgan fingerprint density at radius 3 is 2.50 bits per heavy atom. The number of anilines is 1. The molecule has 30 heavy (non-hydrogen) atoms. The van der Waals surface area contributed by atoms with Crippen molar-refractivity contribution in [3.63, 3.8) is 0 Å². The first-order chi connectivity index (χ1) is 13.9. The molecule has 3 rings (SSSR count). The molecule has 1 aliphatic rings. The van der Waals surface area contributed by atoms with Gasteiger partial charge in [0.25, 0.3) is 15.9 Å². The standard InChI is InChI=1S/C21H27ClN4O3S/c1-13(2)16-10-9-15(19(23-16)26-12-14(3)11-21(26,4)5)20(27)25-30(28,29)18-8-6-7-17(22)24-18/h6-10,13-14H,11-12H2,1-5H3,(H,25,27). The average molecular weight is 451 g/mol. The van der Waals surface area contributed by atoms with Gasteiger partial charge in [-0.2, -0.15) is 8.42 Å². The summed E-state index contributed by atoms with van der Waals surface area (Å²) in [5.74, 6) is 0.357. The van der Waals surface area contributed by atoms with Crippen LogP contribution >= 0.6 is 11.6 Å². The van der Waals surface area contributed by atoms with Crippen LogP contribution in [-0.4, -0.2) is 36.4 Å². The summed E-state index contributed by atoms with van der Waals surface area (Å²) in [5, 5.41) is -0.284. The van der Waals surface area contributed by atoms with Crippen LogP contribution in [0.5, 0.6) is 0 Å². The molecule has 1 amide bonds. The zero-order chi connectivity index (χ0) is 22.3. The Bertz CT molecular complexity index is 1070. The first kappa shape index (κ1) is 22.5. The Hall–Kier alpha value is -2.19. The normalized spacial score (nSPS) is 18.6. The van der Waals surface area contributed by atoms with Gasteiger partial charge in [0.1, 0.15) is 11.0 Å². The molecule has 1 unspecified atom stereocenters. The van der Waals surface area contributed by atoms with E-state index in [0.29, 0.717) is 11.7 Å². The molecule has 2 aromatic rings. The fourth-order valence-electron chi connectivity index (χ4n) is 3.90. The van der Waals surface area contributed by atoms with E-state index in [9.17, 15) is 13.2 Å².